The van der Waals surface area contributed by atoms with Crippen molar-refractivity contribution >= 4 is 17.5 Å². The van der Waals surface area contributed by atoms with Gasteiger partial charge in [-0.25, -0.2) is 0 Å². The molecule has 0 radical (unpaired) electrons. The normalized spacial score (nSPS) is 11.9. The summed E-state index contributed by atoms with van der Waals surface area (Å²) in [6.45, 7) is 10.4. The molecular weight excluding hydrogens is 316 g/mol. The summed E-state index contributed by atoms with van der Waals surface area (Å²) < 4.78 is 11.2. The Kier molecular flexibility index (Phi) is 8.81. The van der Waals surface area contributed by atoms with Crippen LogP contribution < -0.4 is 20.1 Å². The highest BCUT2D eigenvalue weighted by atomic mass is 35.5. The van der Waals surface area contributed by atoms with E-state index in [1.54, 1.807) is 12.1 Å². The molecule has 0 saturated carbocycles. The van der Waals surface area contributed by atoms with E-state index in [1.807, 2.05) is 27.7 Å². The van der Waals surface area contributed by atoms with Gasteiger partial charge in [-0.3, -0.25) is 4.79 Å². The summed E-state index contributed by atoms with van der Waals surface area (Å²) in [6, 6.07) is 3.49. The second-order valence-corrected chi connectivity index (χ2v) is 5.64. The van der Waals surface area contributed by atoms with E-state index >= 15 is 0 Å². The highest BCUT2D eigenvalue weighted by Crippen LogP contribution is 2.36. The van der Waals surface area contributed by atoms with Gasteiger partial charge in [-0.15, -0.1) is 0 Å². The summed E-state index contributed by atoms with van der Waals surface area (Å²) in [5.74, 6) is 0.811. The summed E-state index contributed by atoms with van der Waals surface area (Å²) in [4.78, 5) is 12.3. The van der Waals surface area contributed by atoms with E-state index in [-0.39, 0.29) is 11.9 Å². The van der Waals surface area contributed by atoms with Crippen molar-refractivity contribution in [2.24, 2.45) is 0 Å². The minimum absolute atomic E-state index is 0.181. The molecule has 0 spiro atoms. The van der Waals surface area contributed by atoms with E-state index in [4.69, 9.17) is 21.1 Å². The van der Waals surface area contributed by atoms with Gasteiger partial charge < -0.3 is 20.1 Å². The lowest BCUT2D eigenvalue weighted by atomic mass is 10.1. The third-order valence-electron chi connectivity index (χ3n) is 3.14. The molecule has 0 bridgehead atoms. The van der Waals surface area contributed by atoms with Gasteiger partial charge in [-0.1, -0.05) is 25.4 Å². The van der Waals surface area contributed by atoms with Crippen LogP contribution in [0.4, 0.5) is 0 Å². The van der Waals surface area contributed by atoms with Crippen LogP contribution in [0, 0.1) is 0 Å². The molecule has 1 atom stereocenters. The van der Waals surface area contributed by atoms with Crippen LogP contribution in [0.15, 0.2) is 12.1 Å². The lowest BCUT2D eigenvalue weighted by molar-refractivity contribution is 0.0949. The van der Waals surface area contributed by atoms with E-state index in [2.05, 4.69) is 10.6 Å². The lowest BCUT2D eigenvalue weighted by Crippen LogP contribution is -2.38. The second kappa shape index (κ2) is 10.3. The number of hydrogen-bond donors (Lipinski definition) is 2. The summed E-state index contributed by atoms with van der Waals surface area (Å²) >= 11 is 6.27. The average Bonchev–Trinajstić information content (AvgIpc) is 2.52. The Bertz CT molecular complexity index is 509. The first-order valence-corrected chi connectivity index (χ1v) is 8.51. The van der Waals surface area contributed by atoms with E-state index in [0.717, 1.165) is 13.0 Å². The van der Waals surface area contributed by atoms with Crippen LogP contribution in [-0.4, -0.2) is 38.3 Å². The Morgan fingerprint density at radius 3 is 2.61 bits per heavy atom. The maximum Gasteiger partial charge on any atom is 0.251 e. The van der Waals surface area contributed by atoms with Gasteiger partial charge >= 0.3 is 0 Å². The predicted octanol–water partition coefficient (Wildman–Crippen LogP) is 3.26. The highest BCUT2D eigenvalue weighted by Gasteiger charge is 2.16. The molecule has 0 aliphatic heterocycles. The molecule has 0 aromatic heterocycles. The molecular formula is C17H27ClN2O3. The Morgan fingerprint density at radius 1 is 1.26 bits per heavy atom. The largest absolute Gasteiger partial charge is 0.490 e. The van der Waals surface area contributed by atoms with Crippen molar-refractivity contribution in [3.05, 3.63) is 22.7 Å². The molecule has 5 nitrogen and oxygen atoms in total. The number of carbonyl (C=O) groups excluding carboxylic acids is 1. The smallest absolute Gasteiger partial charge is 0.251 e. The zero-order valence-electron chi connectivity index (χ0n) is 14.4. The quantitative estimate of drug-likeness (QED) is 0.685. The second-order valence-electron chi connectivity index (χ2n) is 5.24. The number of halogens is 1. The molecule has 1 aromatic rings. The molecule has 0 fully saturated rings. The summed E-state index contributed by atoms with van der Waals surface area (Å²) in [5, 5.41) is 6.51. The number of ether oxygens (including phenoxy) is 2. The summed E-state index contributed by atoms with van der Waals surface area (Å²) in [7, 11) is 0. The summed E-state index contributed by atoms with van der Waals surface area (Å²) in [6.07, 6.45) is 0.868. The number of benzene rings is 1. The van der Waals surface area contributed by atoms with Crippen LogP contribution in [0.1, 0.15) is 44.5 Å². The Morgan fingerprint density at radius 2 is 2.00 bits per heavy atom. The molecule has 130 valence electrons. The van der Waals surface area contributed by atoms with Crippen LogP contribution in [-0.2, 0) is 0 Å². The van der Waals surface area contributed by atoms with E-state index < -0.39 is 0 Å². The van der Waals surface area contributed by atoms with Crippen LogP contribution in [0.3, 0.4) is 0 Å². The topological polar surface area (TPSA) is 59.6 Å². The Balaban J connectivity index is 2.88. The number of amides is 1. The zero-order valence-corrected chi connectivity index (χ0v) is 15.1. The number of hydrogen-bond acceptors (Lipinski definition) is 4. The van der Waals surface area contributed by atoms with Gasteiger partial charge in [0.25, 0.3) is 5.91 Å². The first-order chi connectivity index (χ1) is 11.0. The third kappa shape index (κ3) is 6.28. The molecule has 1 aromatic carbocycles. The third-order valence-corrected chi connectivity index (χ3v) is 3.42. The number of carbonyl (C=O) groups is 1. The fourth-order valence-corrected chi connectivity index (χ4v) is 2.34. The van der Waals surface area contributed by atoms with Crippen LogP contribution in [0.2, 0.25) is 5.02 Å². The maximum atomic E-state index is 12.3. The minimum atomic E-state index is -0.181. The van der Waals surface area contributed by atoms with Gasteiger partial charge in [0.1, 0.15) is 0 Å². The molecule has 0 heterocycles. The van der Waals surface area contributed by atoms with Crippen molar-refractivity contribution in [1.29, 1.82) is 0 Å². The van der Waals surface area contributed by atoms with Gasteiger partial charge in [0.05, 0.1) is 18.2 Å². The van der Waals surface area contributed by atoms with Crippen LogP contribution in [0.25, 0.3) is 0 Å². The Hall–Kier alpha value is -1.46. The number of nitrogens with one attached hydrogen (secondary N) is 2. The highest BCUT2D eigenvalue weighted by molar-refractivity contribution is 6.32. The first kappa shape index (κ1) is 19.6. The van der Waals surface area contributed by atoms with Gasteiger partial charge in [0.15, 0.2) is 11.5 Å². The minimum Gasteiger partial charge on any atom is -0.490 e. The maximum absolute atomic E-state index is 12.3. The van der Waals surface area contributed by atoms with Crippen molar-refractivity contribution in [1.82, 2.24) is 10.6 Å². The Labute approximate surface area is 143 Å². The summed E-state index contributed by atoms with van der Waals surface area (Å²) in [5.41, 5.74) is 0.464. The van der Waals surface area contributed by atoms with Crippen LogP contribution in [0.5, 0.6) is 11.5 Å². The molecule has 0 saturated heterocycles. The standard InChI is InChI=1S/C17H27ClN2O3/c1-5-8-23-16-14(18)9-13(10-15(16)22-7-3)17(21)20-11-12(4)19-6-2/h9-10,12,19H,5-8,11H2,1-4H3,(H,20,21)/t12-/m1/s1. The van der Waals surface area contributed by atoms with Crippen molar-refractivity contribution in [2.75, 3.05) is 26.3 Å². The lowest BCUT2D eigenvalue weighted by Gasteiger charge is -2.16. The molecule has 23 heavy (non-hydrogen) atoms. The first-order valence-electron chi connectivity index (χ1n) is 8.14. The number of likely N-dealkylation sites (N-methyl/N-ethyl adjacent to an activating group) is 1. The van der Waals surface area contributed by atoms with Crippen LogP contribution >= 0.6 is 11.6 Å². The van der Waals surface area contributed by atoms with Gasteiger partial charge in [0.2, 0.25) is 0 Å². The van der Waals surface area contributed by atoms with Gasteiger partial charge in [0, 0.05) is 18.2 Å². The van der Waals surface area contributed by atoms with Crippen molar-refractivity contribution in [3.63, 3.8) is 0 Å². The van der Waals surface area contributed by atoms with E-state index in [0.29, 0.717) is 41.8 Å². The SMILES string of the molecule is CCCOc1c(Cl)cc(C(=O)NC[C@@H](C)NCC)cc1OCC. The van der Waals surface area contributed by atoms with Crippen molar-refractivity contribution in [2.45, 2.75) is 40.2 Å². The predicted molar refractivity (Wildman–Crippen MR) is 93.9 cm³/mol. The van der Waals surface area contributed by atoms with Gasteiger partial charge in [-0.05, 0) is 38.9 Å². The molecule has 1 amide bonds. The fraction of sp³-hybridized carbons (Fsp3) is 0.588. The molecule has 0 aliphatic carbocycles. The molecule has 2 N–H and O–H groups in total. The fourth-order valence-electron chi connectivity index (χ4n) is 2.07. The molecule has 1 rings (SSSR count). The van der Waals surface area contributed by atoms with Gasteiger partial charge in [-0.2, -0.15) is 0 Å². The van der Waals surface area contributed by atoms with Crippen molar-refractivity contribution in [3.8, 4) is 11.5 Å². The van der Waals surface area contributed by atoms with E-state index in [9.17, 15) is 4.79 Å². The van der Waals surface area contributed by atoms with Crippen molar-refractivity contribution < 1.29 is 14.3 Å². The molecule has 6 heteroatoms. The zero-order chi connectivity index (χ0) is 17.2. The van der Waals surface area contributed by atoms with E-state index in [1.165, 1.54) is 0 Å². The molecule has 0 unspecified atom stereocenters. The average molecular weight is 343 g/mol. The number of rotatable bonds is 10. The molecule has 0 aliphatic rings. The monoisotopic (exact) mass is 342 g/mol.